The summed E-state index contributed by atoms with van der Waals surface area (Å²) in [5, 5.41) is 14.9. The van der Waals surface area contributed by atoms with Crippen LogP contribution in [0.3, 0.4) is 0 Å². The number of carbonyl (C=O) groups is 3. The highest BCUT2D eigenvalue weighted by Crippen LogP contribution is 2.36. The number of anilines is 2. The summed E-state index contributed by atoms with van der Waals surface area (Å²) < 4.78 is 10.6. The van der Waals surface area contributed by atoms with Crippen molar-refractivity contribution in [3.8, 4) is 11.5 Å². The molecule has 0 fully saturated rings. The van der Waals surface area contributed by atoms with E-state index in [-0.39, 0.29) is 42.4 Å². The van der Waals surface area contributed by atoms with E-state index in [4.69, 9.17) is 14.6 Å². The summed E-state index contributed by atoms with van der Waals surface area (Å²) in [7, 11) is 1.23. The lowest BCUT2D eigenvalue weighted by atomic mass is 10.1. The first-order valence-electron chi connectivity index (χ1n) is 9.22. The number of amides is 2. The number of benzene rings is 2. The van der Waals surface area contributed by atoms with Crippen LogP contribution < -0.4 is 15.4 Å². The van der Waals surface area contributed by atoms with Crippen LogP contribution in [0.25, 0.3) is 0 Å². The van der Waals surface area contributed by atoms with Gasteiger partial charge in [0, 0.05) is 12.2 Å². The number of fused-ring (bicyclic) bond motifs is 2. The molecule has 2 aromatic rings. The molecule has 0 aromatic heterocycles. The Balaban J connectivity index is 1.66. The normalized spacial score (nSPS) is 15.1. The number of nitrogens with one attached hydrogen (secondary N) is 2. The Bertz CT molecular complexity index is 1080. The van der Waals surface area contributed by atoms with Gasteiger partial charge in [0.15, 0.2) is 5.75 Å². The first-order chi connectivity index (χ1) is 14.5. The van der Waals surface area contributed by atoms with Crippen molar-refractivity contribution in [2.75, 3.05) is 37.4 Å². The highest BCUT2D eigenvalue weighted by molar-refractivity contribution is 6.10. The molecule has 0 saturated heterocycles. The van der Waals surface area contributed by atoms with Gasteiger partial charge in [0.1, 0.15) is 11.4 Å². The molecule has 0 bridgehead atoms. The molecule has 3 N–H and O–H groups in total. The van der Waals surface area contributed by atoms with Gasteiger partial charge in [-0.3, -0.25) is 9.59 Å². The van der Waals surface area contributed by atoms with E-state index in [1.54, 1.807) is 42.5 Å². The molecular weight excluding hydrogens is 390 g/mol. The molecule has 9 nitrogen and oxygen atoms in total. The third-order valence-electron chi connectivity index (χ3n) is 4.80. The van der Waals surface area contributed by atoms with Crippen molar-refractivity contribution in [1.29, 1.82) is 0 Å². The van der Waals surface area contributed by atoms with E-state index in [0.29, 0.717) is 22.9 Å². The maximum Gasteiger partial charge on any atom is 0.337 e. The average Bonchev–Trinajstić information content (AvgIpc) is 2.97. The third kappa shape index (κ3) is 3.46. The van der Waals surface area contributed by atoms with Gasteiger partial charge in [-0.25, -0.2) is 4.79 Å². The lowest BCUT2D eigenvalue weighted by Gasteiger charge is -2.15. The fourth-order valence-corrected chi connectivity index (χ4v) is 3.33. The van der Waals surface area contributed by atoms with Crippen molar-refractivity contribution in [2.24, 2.45) is 0 Å². The van der Waals surface area contributed by atoms with Crippen molar-refractivity contribution in [3.63, 3.8) is 0 Å². The number of methoxy groups -OCH3 is 1. The highest BCUT2D eigenvalue weighted by Gasteiger charge is 2.34. The van der Waals surface area contributed by atoms with Crippen LogP contribution in [0.4, 0.5) is 11.4 Å². The van der Waals surface area contributed by atoms with Gasteiger partial charge in [0.05, 0.1) is 37.1 Å². The molecule has 2 aromatic carbocycles. The highest BCUT2D eigenvalue weighted by atomic mass is 16.5. The number of aliphatic hydroxyl groups excluding tert-OH is 1. The zero-order valence-corrected chi connectivity index (χ0v) is 16.1. The third-order valence-corrected chi connectivity index (χ3v) is 4.80. The molecule has 2 amide bonds. The van der Waals surface area contributed by atoms with Crippen LogP contribution in [-0.4, -0.2) is 54.6 Å². The number of ether oxygens (including phenoxy) is 2. The molecule has 2 aliphatic heterocycles. The maximum absolute atomic E-state index is 12.7. The monoisotopic (exact) mass is 409 g/mol. The second kappa shape index (κ2) is 7.88. The van der Waals surface area contributed by atoms with Crippen LogP contribution in [0.2, 0.25) is 0 Å². The van der Waals surface area contributed by atoms with Crippen LogP contribution in [0.5, 0.6) is 11.5 Å². The molecule has 0 unspecified atom stereocenters. The maximum atomic E-state index is 12.7. The first-order valence-corrected chi connectivity index (χ1v) is 9.22. The van der Waals surface area contributed by atoms with Gasteiger partial charge in [0.25, 0.3) is 11.8 Å². The quantitative estimate of drug-likeness (QED) is 0.644. The van der Waals surface area contributed by atoms with Crippen molar-refractivity contribution in [1.82, 2.24) is 4.90 Å². The van der Waals surface area contributed by atoms with Crippen LogP contribution in [0, 0.1) is 0 Å². The van der Waals surface area contributed by atoms with E-state index in [1.165, 1.54) is 12.0 Å². The Morgan fingerprint density at radius 3 is 2.80 bits per heavy atom. The van der Waals surface area contributed by atoms with Gasteiger partial charge in [-0.1, -0.05) is 12.1 Å². The van der Waals surface area contributed by atoms with E-state index < -0.39 is 11.9 Å². The number of nitrogens with zero attached hydrogens (tertiary/aromatic N) is 1. The molecule has 0 spiro atoms. The summed E-state index contributed by atoms with van der Waals surface area (Å²) in [5.41, 5.74) is 1.45. The van der Waals surface area contributed by atoms with Crippen molar-refractivity contribution in [2.45, 2.75) is 0 Å². The van der Waals surface area contributed by atoms with Crippen LogP contribution in [-0.2, 0) is 14.3 Å². The van der Waals surface area contributed by atoms with Gasteiger partial charge in [-0.2, -0.15) is 0 Å². The first kappa shape index (κ1) is 19.5. The second-order valence-corrected chi connectivity index (χ2v) is 6.68. The molecule has 154 valence electrons. The molecule has 9 heteroatoms. The lowest BCUT2D eigenvalue weighted by Crippen LogP contribution is -2.31. The van der Waals surface area contributed by atoms with Crippen LogP contribution in [0.1, 0.15) is 10.4 Å². The Kier molecular flexibility index (Phi) is 5.11. The average molecular weight is 409 g/mol. The molecule has 0 atom stereocenters. The van der Waals surface area contributed by atoms with Crippen molar-refractivity contribution < 1.29 is 29.0 Å². The zero-order chi connectivity index (χ0) is 21.3. The predicted molar refractivity (Wildman–Crippen MR) is 107 cm³/mol. The van der Waals surface area contributed by atoms with Gasteiger partial charge in [0.2, 0.25) is 0 Å². The number of hydrogen-bond acceptors (Lipinski definition) is 7. The van der Waals surface area contributed by atoms with E-state index in [0.717, 1.165) is 0 Å². The largest absolute Gasteiger partial charge is 0.466 e. The summed E-state index contributed by atoms with van der Waals surface area (Å²) in [5.74, 6) is -0.554. The number of aliphatic hydroxyl groups is 1. The summed E-state index contributed by atoms with van der Waals surface area (Å²) in [4.78, 5) is 38.8. The van der Waals surface area contributed by atoms with Crippen LogP contribution >= 0.6 is 0 Å². The number of carbonyl (C=O) groups excluding carboxylic acids is 3. The summed E-state index contributed by atoms with van der Waals surface area (Å²) in [6.45, 7) is -0.119. The zero-order valence-electron chi connectivity index (χ0n) is 16.1. The molecule has 0 aliphatic carbocycles. The number of para-hydroxylation sites is 2. The smallest absolute Gasteiger partial charge is 0.337 e. The van der Waals surface area contributed by atoms with Gasteiger partial charge in [-0.15, -0.1) is 0 Å². The van der Waals surface area contributed by atoms with Gasteiger partial charge >= 0.3 is 5.97 Å². The summed E-state index contributed by atoms with van der Waals surface area (Å²) in [6, 6.07) is 11.9. The number of hydrogen-bond donors (Lipinski definition) is 3. The molecule has 2 aliphatic rings. The number of esters is 1. The Hall–Kier alpha value is -3.85. The molecular formula is C21H19N3O6. The fraction of sp³-hybridized carbons (Fsp3) is 0.190. The molecule has 30 heavy (non-hydrogen) atoms. The van der Waals surface area contributed by atoms with E-state index >= 15 is 0 Å². The Morgan fingerprint density at radius 2 is 2.03 bits per heavy atom. The topological polar surface area (TPSA) is 117 Å². The molecule has 0 radical (unpaired) electrons. The lowest BCUT2D eigenvalue weighted by molar-refractivity contribution is -0.136. The van der Waals surface area contributed by atoms with E-state index in [1.807, 2.05) is 0 Å². The number of rotatable bonds is 5. The van der Waals surface area contributed by atoms with E-state index in [9.17, 15) is 14.4 Å². The summed E-state index contributed by atoms with van der Waals surface area (Å²) >= 11 is 0. The second-order valence-electron chi connectivity index (χ2n) is 6.68. The molecule has 2 heterocycles. The molecule has 0 saturated carbocycles. The van der Waals surface area contributed by atoms with Crippen molar-refractivity contribution >= 4 is 29.2 Å². The Morgan fingerprint density at radius 1 is 1.23 bits per heavy atom. The minimum atomic E-state index is -0.641. The number of β-amino-alcohol motifs (C(OH)–C–C–N with tert-alkyl or cyclic N) is 1. The fourth-order valence-electron chi connectivity index (χ4n) is 3.33. The predicted octanol–water partition coefficient (Wildman–Crippen LogP) is 1.72. The van der Waals surface area contributed by atoms with Crippen LogP contribution in [0.15, 0.2) is 53.7 Å². The molecule has 4 rings (SSSR count). The Labute approximate surface area is 171 Å². The minimum Gasteiger partial charge on any atom is -0.466 e. The minimum absolute atomic E-state index is 0.0260. The van der Waals surface area contributed by atoms with E-state index in [2.05, 4.69) is 10.6 Å². The van der Waals surface area contributed by atoms with Gasteiger partial charge in [-0.05, 0) is 30.3 Å². The standard InChI is InChI=1S/C21H19N3O6/c1-29-21(28)14-11-24(8-9-25)20(27)18(14)22-12-6-7-16-13(10-12)19(26)23-15-4-2-3-5-17(15)30-16/h2-7,10,22,25H,8-9,11H2,1H3,(H,23,26). The van der Waals surface area contributed by atoms with Crippen molar-refractivity contribution in [3.05, 3.63) is 59.3 Å². The SMILES string of the molecule is COC(=O)C1=C(Nc2ccc3c(c2)C(=O)Nc2ccccc2O3)C(=O)N(CCO)C1. The van der Waals surface area contributed by atoms with Gasteiger partial charge < -0.3 is 30.1 Å². The summed E-state index contributed by atoms with van der Waals surface area (Å²) in [6.07, 6.45) is 0.